The number of hydrogen-bond acceptors (Lipinski definition) is 7. The molecule has 1 unspecified atom stereocenters. The number of carbonyl (C=O) groups excluding carboxylic acids is 1. The predicted octanol–water partition coefficient (Wildman–Crippen LogP) is 4.27. The van der Waals surface area contributed by atoms with Crippen molar-refractivity contribution in [3.8, 4) is 11.4 Å². The molecule has 1 saturated heterocycles. The molecule has 0 bridgehead atoms. The lowest BCUT2D eigenvalue weighted by Gasteiger charge is -2.30. The second-order valence-electron chi connectivity index (χ2n) is 8.26. The molecule has 1 fully saturated rings. The van der Waals surface area contributed by atoms with Crippen LogP contribution in [0.5, 0.6) is 0 Å². The maximum Gasteiger partial charge on any atom is 0.252 e. The second-order valence-corrected chi connectivity index (χ2v) is 11.3. The first-order valence-electron chi connectivity index (χ1n) is 10.5. The zero-order valence-electron chi connectivity index (χ0n) is 18.2. The number of hydrogen-bond donors (Lipinski definition) is 1. The molecule has 0 saturated carbocycles. The van der Waals surface area contributed by atoms with Crippen LogP contribution in [-0.2, 0) is 14.8 Å². The van der Waals surface area contributed by atoms with Crippen LogP contribution < -0.4 is 5.32 Å². The highest BCUT2D eigenvalue weighted by Crippen LogP contribution is 2.31. The van der Waals surface area contributed by atoms with E-state index in [1.54, 1.807) is 18.4 Å². The number of carbonyl (C=O) groups is 1. The van der Waals surface area contributed by atoms with Crippen molar-refractivity contribution in [2.45, 2.75) is 43.7 Å². The zero-order valence-corrected chi connectivity index (χ0v) is 19.9. The molecule has 2 aromatic heterocycles. The summed E-state index contributed by atoms with van der Waals surface area (Å²) in [7, 11) is -3.71. The van der Waals surface area contributed by atoms with Crippen molar-refractivity contribution in [1.29, 1.82) is 0 Å². The Kier molecular flexibility index (Phi) is 6.45. The minimum Gasteiger partial charge on any atom is -0.339 e. The molecule has 1 amide bonds. The van der Waals surface area contributed by atoms with E-state index in [4.69, 9.17) is 4.52 Å². The first kappa shape index (κ1) is 22.6. The van der Waals surface area contributed by atoms with Gasteiger partial charge in [0, 0.05) is 36.6 Å². The molecule has 10 heteroatoms. The van der Waals surface area contributed by atoms with Gasteiger partial charge in [0.15, 0.2) is 0 Å². The molecule has 1 atom stereocenters. The van der Waals surface area contributed by atoms with Crippen LogP contribution in [0.3, 0.4) is 0 Å². The summed E-state index contributed by atoms with van der Waals surface area (Å²) < 4.78 is 33.0. The van der Waals surface area contributed by atoms with Crippen LogP contribution >= 0.6 is 11.3 Å². The lowest BCUT2D eigenvalue weighted by atomic mass is 9.98. The van der Waals surface area contributed by atoms with Crippen molar-refractivity contribution in [3.63, 3.8) is 0 Å². The predicted molar refractivity (Wildman–Crippen MR) is 123 cm³/mol. The number of thiophene rings is 1. The van der Waals surface area contributed by atoms with Crippen LogP contribution in [0.2, 0.25) is 0 Å². The Hall–Kier alpha value is -2.56. The lowest BCUT2D eigenvalue weighted by molar-refractivity contribution is -0.120. The van der Waals surface area contributed by atoms with Gasteiger partial charge in [-0.05, 0) is 42.5 Å². The summed E-state index contributed by atoms with van der Waals surface area (Å²) in [6.45, 7) is 6.46. The molecule has 1 aromatic carbocycles. The molecule has 8 nitrogen and oxygen atoms in total. The Bertz CT molecular complexity index is 1200. The van der Waals surface area contributed by atoms with Crippen LogP contribution in [0.1, 0.15) is 44.1 Å². The molecule has 0 spiro atoms. The average molecular weight is 475 g/mol. The molecule has 4 rings (SSSR count). The van der Waals surface area contributed by atoms with Gasteiger partial charge < -0.3 is 9.84 Å². The minimum atomic E-state index is -3.71. The topological polar surface area (TPSA) is 105 Å². The summed E-state index contributed by atoms with van der Waals surface area (Å²) in [5.74, 6) is 0.636. The SMILES string of the molecule is Cc1nc(-c2csc(S(=O)(=O)N3CCCC(C(=O)Nc4ccc(C(C)C)cc4)C3)c2)no1. The number of amides is 1. The smallest absolute Gasteiger partial charge is 0.252 e. The third-order valence-corrected chi connectivity index (χ3v) is 8.84. The number of piperidine rings is 1. The van der Waals surface area contributed by atoms with Crippen LogP contribution in [0.4, 0.5) is 5.69 Å². The molecule has 0 aliphatic carbocycles. The van der Waals surface area contributed by atoms with E-state index in [1.165, 1.54) is 9.87 Å². The quantitative estimate of drug-likeness (QED) is 0.572. The van der Waals surface area contributed by atoms with Crippen LogP contribution in [-0.4, -0.2) is 41.9 Å². The summed E-state index contributed by atoms with van der Waals surface area (Å²) in [6, 6.07) is 9.33. The van der Waals surface area contributed by atoms with Crippen LogP contribution in [0.15, 0.2) is 44.4 Å². The van der Waals surface area contributed by atoms with E-state index in [0.29, 0.717) is 42.6 Å². The number of aromatic nitrogens is 2. The van der Waals surface area contributed by atoms with E-state index in [1.807, 2.05) is 24.3 Å². The molecular formula is C22H26N4O4S2. The lowest BCUT2D eigenvalue weighted by Crippen LogP contribution is -2.43. The van der Waals surface area contributed by atoms with Gasteiger partial charge in [-0.1, -0.05) is 31.1 Å². The van der Waals surface area contributed by atoms with Crippen molar-refractivity contribution >= 4 is 33.0 Å². The highest BCUT2D eigenvalue weighted by atomic mass is 32.2. The summed E-state index contributed by atoms with van der Waals surface area (Å²) in [6.07, 6.45) is 1.28. The maximum absolute atomic E-state index is 13.2. The van der Waals surface area contributed by atoms with Gasteiger partial charge in [-0.15, -0.1) is 11.3 Å². The standard InChI is InChI=1S/C22H26N4O4S2/c1-14(2)16-6-8-19(9-7-16)24-22(27)17-5-4-10-26(12-17)32(28,29)20-11-18(13-31-20)21-23-15(3)30-25-21/h6-9,11,13-14,17H,4-5,10,12H2,1-3H3,(H,24,27). The molecule has 170 valence electrons. The normalized spacial score (nSPS) is 17.6. The molecule has 32 heavy (non-hydrogen) atoms. The van der Waals surface area contributed by atoms with Crippen molar-refractivity contribution in [2.75, 3.05) is 18.4 Å². The van der Waals surface area contributed by atoms with E-state index >= 15 is 0 Å². The molecule has 1 aliphatic rings. The Morgan fingerprint density at radius 3 is 2.69 bits per heavy atom. The fraction of sp³-hybridized carbons (Fsp3) is 0.409. The number of benzene rings is 1. The van der Waals surface area contributed by atoms with E-state index in [2.05, 4.69) is 29.3 Å². The number of sulfonamides is 1. The fourth-order valence-corrected chi connectivity index (χ4v) is 6.52. The second kappa shape index (κ2) is 9.13. The Balaban J connectivity index is 1.44. The number of aryl methyl sites for hydroxylation is 1. The fourth-order valence-electron chi connectivity index (χ4n) is 3.68. The average Bonchev–Trinajstić information content (AvgIpc) is 3.44. The maximum atomic E-state index is 13.2. The van der Waals surface area contributed by atoms with Gasteiger partial charge in [-0.2, -0.15) is 9.29 Å². The molecule has 1 aliphatic heterocycles. The van der Waals surface area contributed by atoms with Gasteiger partial charge in [-0.25, -0.2) is 8.42 Å². The molecule has 1 N–H and O–H groups in total. The summed E-state index contributed by atoms with van der Waals surface area (Å²) >= 11 is 1.12. The highest BCUT2D eigenvalue weighted by Gasteiger charge is 2.34. The third kappa shape index (κ3) is 4.77. The number of anilines is 1. The third-order valence-electron chi connectivity index (χ3n) is 5.56. The molecule has 3 heterocycles. The largest absolute Gasteiger partial charge is 0.339 e. The van der Waals surface area contributed by atoms with Crippen LogP contribution in [0, 0.1) is 12.8 Å². The van der Waals surface area contributed by atoms with Gasteiger partial charge in [0.1, 0.15) is 4.21 Å². The monoisotopic (exact) mass is 474 g/mol. The van der Waals surface area contributed by atoms with Gasteiger partial charge in [0.05, 0.1) is 5.92 Å². The van der Waals surface area contributed by atoms with Crippen molar-refractivity contribution in [2.24, 2.45) is 5.92 Å². The summed E-state index contributed by atoms with van der Waals surface area (Å²) in [4.78, 5) is 17.0. The highest BCUT2D eigenvalue weighted by molar-refractivity contribution is 7.91. The zero-order chi connectivity index (χ0) is 22.9. The Morgan fingerprint density at radius 1 is 1.28 bits per heavy atom. The number of nitrogens with zero attached hydrogens (tertiary/aromatic N) is 3. The van der Waals surface area contributed by atoms with Crippen molar-refractivity contribution in [1.82, 2.24) is 14.4 Å². The van der Waals surface area contributed by atoms with E-state index in [-0.39, 0.29) is 16.7 Å². The molecular weight excluding hydrogens is 448 g/mol. The van der Waals surface area contributed by atoms with Gasteiger partial charge in [0.2, 0.25) is 17.6 Å². The number of rotatable bonds is 6. The van der Waals surface area contributed by atoms with Gasteiger partial charge in [0.25, 0.3) is 10.0 Å². The van der Waals surface area contributed by atoms with E-state index in [9.17, 15) is 13.2 Å². The first-order chi connectivity index (χ1) is 15.2. The Morgan fingerprint density at radius 2 is 2.03 bits per heavy atom. The molecule has 0 radical (unpaired) electrons. The number of nitrogens with one attached hydrogen (secondary N) is 1. The Labute approximate surface area is 191 Å². The molecule has 3 aromatic rings. The van der Waals surface area contributed by atoms with E-state index < -0.39 is 15.9 Å². The summed E-state index contributed by atoms with van der Waals surface area (Å²) in [5.41, 5.74) is 2.52. The van der Waals surface area contributed by atoms with Crippen molar-refractivity contribution in [3.05, 3.63) is 47.2 Å². The van der Waals surface area contributed by atoms with Crippen molar-refractivity contribution < 1.29 is 17.7 Å². The minimum absolute atomic E-state index is 0.156. The van der Waals surface area contributed by atoms with E-state index in [0.717, 1.165) is 17.0 Å². The first-order valence-corrected chi connectivity index (χ1v) is 12.9. The van der Waals surface area contributed by atoms with Gasteiger partial charge in [-0.3, -0.25) is 4.79 Å². The summed E-state index contributed by atoms with van der Waals surface area (Å²) in [5, 5.41) is 8.48. The van der Waals surface area contributed by atoms with Gasteiger partial charge >= 0.3 is 0 Å². The van der Waals surface area contributed by atoms with Crippen LogP contribution in [0.25, 0.3) is 11.4 Å².